The minimum atomic E-state index is -1.47. The van der Waals surface area contributed by atoms with Crippen LogP contribution in [0.3, 0.4) is 0 Å². The molecule has 3 aromatic carbocycles. The number of carbonyl (C=O) groups is 1. The molecule has 0 saturated carbocycles. The van der Waals surface area contributed by atoms with Crippen LogP contribution in [-0.2, 0) is 0 Å². The van der Waals surface area contributed by atoms with E-state index >= 15 is 0 Å². The van der Waals surface area contributed by atoms with Gasteiger partial charge in [0.15, 0.2) is 11.5 Å². The zero-order chi connectivity index (χ0) is 16.2. The van der Waals surface area contributed by atoms with Crippen LogP contribution in [0.5, 0.6) is 11.5 Å². The van der Waals surface area contributed by atoms with Gasteiger partial charge in [0.1, 0.15) is 0 Å². The summed E-state index contributed by atoms with van der Waals surface area (Å²) in [6.45, 7) is 0. The number of phenols is 1. The Labute approximate surface area is 133 Å². The third-order valence-corrected chi connectivity index (χ3v) is 3.46. The number of carboxylic acid groups (broad SMARTS) is 1. The number of phenolic OH excluding ortho intramolecular Hbond substituents is 1. The predicted molar refractivity (Wildman–Crippen MR) is 87.6 cm³/mol. The molecule has 4 nitrogen and oxygen atoms in total. The Kier molecular flexibility index (Phi) is 3.97. The Morgan fingerprint density at radius 3 is 2.17 bits per heavy atom. The molecule has 0 saturated heterocycles. The zero-order valence-electron chi connectivity index (χ0n) is 12.1. The summed E-state index contributed by atoms with van der Waals surface area (Å²) in [5, 5.41) is 18.8. The minimum Gasteiger partial charge on any atom is -0.504 e. The number of benzene rings is 3. The maximum absolute atomic E-state index is 10.9. The number of para-hydroxylation sites is 1. The highest BCUT2D eigenvalue weighted by molar-refractivity contribution is 5.80. The van der Waals surface area contributed by atoms with Crippen molar-refractivity contribution in [3.63, 3.8) is 0 Å². The first-order valence-corrected chi connectivity index (χ1v) is 7.04. The Hall–Kier alpha value is -3.27. The second-order valence-electron chi connectivity index (χ2n) is 4.97. The van der Waals surface area contributed by atoms with Gasteiger partial charge in [0.05, 0.1) is 0 Å². The van der Waals surface area contributed by atoms with Crippen molar-refractivity contribution in [2.45, 2.75) is 0 Å². The van der Waals surface area contributed by atoms with Crippen molar-refractivity contribution in [1.29, 1.82) is 0 Å². The second-order valence-corrected chi connectivity index (χ2v) is 4.97. The Morgan fingerprint density at radius 1 is 0.783 bits per heavy atom. The summed E-state index contributed by atoms with van der Waals surface area (Å²) in [4.78, 5) is 10.9. The summed E-state index contributed by atoms with van der Waals surface area (Å²) in [6, 6.07) is 22.2. The maximum Gasteiger partial charge on any atom is 0.511 e. The van der Waals surface area contributed by atoms with Crippen molar-refractivity contribution in [3.05, 3.63) is 72.8 Å². The molecule has 0 bridgehead atoms. The van der Waals surface area contributed by atoms with Crippen LogP contribution in [0.4, 0.5) is 4.79 Å². The van der Waals surface area contributed by atoms with Crippen LogP contribution in [0.2, 0.25) is 0 Å². The highest BCUT2D eigenvalue weighted by atomic mass is 16.7. The van der Waals surface area contributed by atoms with E-state index in [-0.39, 0.29) is 11.5 Å². The third-order valence-electron chi connectivity index (χ3n) is 3.46. The molecule has 0 heterocycles. The standard InChI is InChI=1S/C19H14O4/c20-17-11-5-10-16(18(17)23-19(21)22)15-9-4-8-14(12-15)13-6-2-1-3-7-13/h1-12,20H,(H,21,22). The summed E-state index contributed by atoms with van der Waals surface area (Å²) in [5.74, 6) is -0.278. The quantitative estimate of drug-likeness (QED) is 0.539. The van der Waals surface area contributed by atoms with E-state index in [0.717, 1.165) is 16.7 Å². The van der Waals surface area contributed by atoms with Crippen molar-refractivity contribution >= 4 is 6.16 Å². The smallest absolute Gasteiger partial charge is 0.504 e. The molecule has 0 aromatic heterocycles. The van der Waals surface area contributed by atoms with Crippen molar-refractivity contribution in [2.75, 3.05) is 0 Å². The van der Waals surface area contributed by atoms with Gasteiger partial charge >= 0.3 is 6.16 Å². The van der Waals surface area contributed by atoms with Crippen LogP contribution in [0.25, 0.3) is 22.3 Å². The lowest BCUT2D eigenvalue weighted by Gasteiger charge is -2.11. The van der Waals surface area contributed by atoms with Gasteiger partial charge in [-0.05, 0) is 28.8 Å². The first-order chi connectivity index (χ1) is 11.1. The molecule has 0 radical (unpaired) electrons. The first kappa shape index (κ1) is 14.7. The molecular formula is C19H14O4. The summed E-state index contributed by atoms with van der Waals surface area (Å²) < 4.78 is 4.74. The largest absolute Gasteiger partial charge is 0.511 e. The number of ether oxygens (including phenoxy) is 1. The highest BCUT2D eigenvalue weighted by Crippen LogP contribution is 2.38. The van der Waals surface area contributed by atoms with Gasteiger partial charge in [-0.1, -0.05) is 60.7 Å². The van der Waals surface area contributed by atoms with Gasteiger partial charge in [0.25, 0.3) is 0 Å². The number of hydrogen-bond acceptors (Lipinski definition) is 3. The summed E-state index contributed by atoms with van der Waals surface area (Å²) in [5.41, 5.74) is 3.33. The van der Waals surface area contributed by atoms with E-state index in [1.807, 2.05) is 54.6 Å². The van der Waals surface area contributed by atoms with E-state index in [2.05, 4.69) is 0 Å². The molecule has 2 N–H and O–H groups in total. The van der Waals surface area contributed by atoms with Crippen LogP contribution in [0.1, 0.15) is 0 Å². The van der Waals surface area contributed by atoms with E-state index < -0.39 is 6.16 Å². The van der Waals surface area contributed by atoms with Gasteiger partial charge in [-0.25, -0.2) is 4.79 Å². The Bertz CT molecular complexity index is 841. The molecule has 3 rings (SSSR count). The van der Waals surface area contributed by atoms with Crippen molar-refractivity contribution in [1.82, 2.24) is 0 Å². The van der Waals surface area contributed by atoms with E-state index in [9.17, 15) is 9.90 Å². The SMILES string of the molecule is O=C(O)Oc1c(O)cccc1-c1cccc(-c2ccccc2)c1. The molecular weight excluding hydrogens is 292 g/mol. The van der Waals surface area contributed by atoms with Crippen LogP contribution in [-0.4, -0.2) is 16.4 Å². The topological polar surface area (TPSA) is 66.8 Å². The fourth-order valence-electron chi connectivity index (χ4n) is 2.44. The molecule has 0 atom stereocenters. The highest BCUT2D eigenvalue weighted by Gasteiger charge is 2.14. The van der Waals surface area contributed by atoms with Gasteiger partial charge in [0, 0.05) is 5.56 Å². The fourth-order valence-corrected chi connectivity index (χ4v) is 2.44. The third kappa shape index (κ3) is 3.16. The molecule has 0 unspecified atom stereocenters. The molecule has 0 fully saturated rings. The Balaban J connectivity index is 2.10. The zero-order valence-corrected chi connectivity index (χ0v) is 12.1. The lowest BCUT2D eigenvalue weighted by atomic mass is 9.98. The van der Waals surface area contributed by atoms with Crippen LogP contribution < -0.4 is 4.74 Å². The monoisotopic (exact) mass is 306 g/mol. The van der Waals surface area contributed by atoms with Crippen LogP contribution in [0.15, 0.2) is 72.8 Å². The van der Waals surface area contributed by atoms with E-state index in [0.29, 0.717) is 5.56 Å². The molecule has 4 heteroatoms. The average Bonchev–Trinajstić information content (AvgIpc) is 2.57. The average molecular weight is 306 g/mol. The van der Waals surface area contributed by atoms with Crippen LogP contribution in [0, 0.1) is 0 Å². The van der Waals surface area contributed by atoms with E-state index in [1.54, 1.807) is 12.1 Å². The van der Waals surface area contributed by atoms with E-state index in [1.165, 1.54) is 6.07 Å². The van der Waals surface area contributed by atoms with Crippen molar-refractivity contribution in [2.24, 2.45) is 0 Å². The minimum absolute atomic E-state index is 0.0646. The Morgan fingerprint density at radius 2 is 1.43 bits per heavy atom. The second kappa shape index (κ2) is 6.23. The fraction of sp³-hybridized carbons (Fsp3) is 0. The predicted octanol–water partition coefficient (Wildman–Crippen LogP) is 4.78. The van der Waals surface area contributed by atoms with Gasteiger partial charge in [-0.3, -0.25) is 0 Å². The van der Waals surface area contributed by atoms with Crippen molar-refractivity contribution < 1.29 is 19.7 Å². The molecule has 0 aliphatic heterocycles. The number of aromatic hydroxyl groups is 1. The maximum atomic E-state index is 10.9. The molecule has 23 heavy (non-hydrogen) atoms. The summed E-state index contributed by atoms with van der Waals surface area (Å²) in [7, 11) is 0. The molecule has 0 aliphatic rings. The first-order valence-electron chi connectivity index (χ1n) is 7.04. The summed E-state index contributed by atoms with van der Waals surface area (Å²) in [6.07, 6.45) is -1.47. The molecule has 0 spiro atoms. The normalized spacial score (nSPS) is 10.3. The van der Waals surface area contributed by atoms with Crippen LogP contribution >= 0.6 is 0 Å². The van der Waals surface area contributed by atoms with Gasteiger partial charge < -0.3 is 14.9 Å². The van der Waals surface area contributed by atoms with Gasteiger partial charge in [-0.15, -0.1) is 0 Å². The van der Waals surface area contributed by atoms with Crippen molar-refractivity contribution in [3.8, 4) is 33.8 Å². The molecule has 3 aromatic rings. The molecule has 114 valence electrons. The summed E-state index contributed by atoms with van der Waals surface area (Å²) >= 11 is 0. The van der Waals surface area contributed by atoms with Gasteiger partial charge in [-0.2, -0.15) is 0 Å². The lowest BCUT2D eigenvalue weighted by Crippen LogP contribution is -2.04. The molecule has 0 amide bonds. The van der Waals surface area contributed by atoms with E-state index in [4.69, 9.17) is 9.84 Å². The molecule has 0 aliphatic carbocycles. The van der Waals surface area contributed by atoms with Gasteiger partial charge in [0.2, 0.25) is 0 Å². The number of rotatable bonds is 3. The number of hydrogen-bond donors (Lipinski definition) is 2. The lowest BCUT2D eigenvalue weighted by molar-refractivity contribution is 0.143.